The number of rotatable bonds is 11. The second-order valence-electron chi connectivity index (χ2n) is 10.6. The van der Waals surface area contributed by atoms with Gasteiger partial charge in [-0.2, -0.15) is 0 Å². The molecular weight excluding hydrogens is 458 g/mol. The molecule has 3 heterocycles. The lowest BCUT2D eigenvalue weighted by Crippen LogP contribution is -2.56. The fourth-order valence-corrected chi connectivity index (χ4v) is 4.88. The van der Waals surface area contributed by atoms with E-state index in [1.807, 2.05) is 15.9 Å². The molecule has 0 saturated carbocycles. The number of piperidine rings is 1. The van der Waals surface area contributed by atoms with Gasteiger partial charge in [-0.25, -0.2) is 0 Å². The lowest BCUT2D eigenvalue weighted by atomic mass is 9.92. The zero-order chi connectivity index (χ0) is 26.1. The summed E-state index contributed by atoms with van der Waals surface area (Å²) in [7, 11) is 1.69. The summed E-state index contributed by atoms with van der Waals surface area (Å²) in [4.78, 5) is 35.7. The lowest BCUT2D eigenvalue weighted by Gasteiger charge is -2.40. The van der Waals surface area contributed by atoms with Crippen molar-refractivity contribution in [1.29, 1.82) is 0 Å². The first-order valence-corrected chi connectivity index (χ1v) is 13.4. The average molecular weight is 504 g/mol. The Labute approximate surface area is 216 Å². The Morgan fingerprint density at radius 1 is 1.25 bits per heavy atom. The first kappa shape index (κ1) is 28.3. The molecule has 2 aliphatic rings. The van der Waals surface area contributed by atoms with Gasteiger partial charge in [0.25, 0.3) is 5.91 Å². The highest BCUT2D eigenvalue weighted by atomic mass is 16.5. The number of ether oxygens (including phenoxy) is 2. The Morgan fingerprint density at radius 2 is 2.00 bits per heavy atom. The Balaban J connectivity index is 1.81. The van der Waals surface area contributed by atoms with Gasteiger partial charge < -0.3 is 29.9 Å². The van der Waals surface area contributed by atoms with Crippen molar-refractivity contribution in [3.63, 3.8) is 0 Å². The molecule has 2 fully saturated rings. The van der Waals surface area contributed by atoms with E-state index < -0.39 is 0 Å². The van der Waals surface area contributed by atoms with Crippen LogP contribution in [0.5, 0.6) is 0 Å². The fourth-order valence-electron chi connectivity index (χ4n) is 4.88. The van der Waals surface area contributed by atoms with Crippen molar-refractivity contribution in [2.24, 2.45) is 11.8 Å². The number of morpholine rings is 1. The summed E-state index contributed by atoms with van der Waals surface area (Å²) in [6.07, 6.45) is 3.23. The van der Waals surface area contributed by atoms with Crippen LogP contribution in [-0.2, 0) is 14.3 Å². The molecule has 1 aromatic rings. The van der Waals surface area contributed by atoms with E-state index in [4.69, 9.17) is 9.47 Å². The number of carbonyl (C=O) groups is 2. The molecule has 0 bridgehead atoms. The van der Waals surface area contributed by atoms with Gasteiger partial charge in [-0.3, -0.25) is 14.6 Å². The molecular formula is C27H45N5O4. The van der Waals surface area contributed by atoms with Gasteiger partial charge in [-0.1, -0.05) is 27.7 Å². The largest absolute Gasteiger partial charge is 0.385 e. The molecule has 2 amide bonds. The summed E-state index contributed by atoms with van der Waals surface area (Å²) < 4.78 is 10.6. The Bertz CT molecular complexity index is 857. The van der Waals surface area contributed by atoms with E-state index >= 15 is 0 Å². The molecule has 36 heavy (non-hydrogen) atoms. The van der Waals surface area contributed by atoms with Crippen molar-refractivity contribution in [1.82, 2.24) is 20.1 Å². The fraction of sp³-hybridized carbons (Fsp3) is 0.741. The summed E-state index contributed by atoms with van der Waals surface area (Å²) in [6, 6.07) is 1.94. The van der Waals surface area contributed by atoms with E-state index in [0.717, 1.165) is 17.8 Å². The average Bonchev–Trinajstić information content (AvgIpc) is 2.89. The van der Waals surface area contributed by atoms with Crippen molar-refractivity contribution < 1.29 is 19.1 Å². The second-order valence-corrected chi connectivity index (χ2v) is 10.6. The zero-order valence-corrected chi connectivity index (χ0v) is 22.7. The molecule has 9 nitrogen and oxygen atoms in total. The van der Waals surface area contributed by atoms with Crippen molar-refractivity contribution in [2.45, 2.75) is 52.5 Å². The molecule has 2 N–H and O–H groups in total. The molecule has 1 aromatic heterocycles. The van der Waals surface area contributed by atoms with E-state index in [9.17, 15) is 9.59 Å². The summed E-state index contributed by atoms with van der Waals surface area (Å²) in [5, 5.41) is 6.88. The minimum absolute atomic E-state index is 0.0352. The molecule has 9 heteroatoms. The number of anilines is 1. The number of pyridine rings is 1. The van der Waals surface area contributed by atoms with Crippen LogP contribution in [0, 0.1) is 11.8 Å². The molecule has 0 aliphatic carbocycles. The minimum atomic E-state index is -0.141. The predicted octanol–water partition coefficient (Wildman–Crippen LogP) is 2.59. The SMILES string of the molecule is COCCCNc1cc(C(C)C)ncc1C(=O)N(CC(C)C)[C@@H]1CNC[C@H](C(=O)N2CCOCC2)C1. The number of amides is 2. The van der Waals surface area contributed by atoms with Crippen molar-refractivity contribution in [3.8, 4) is 0 Å². The van der Waals surface area contributed by atoms with Crippen LogP contribution in [0.15, 0.2) is 12.3 Å². The molecule has 0 radical (unpaired) electrons. The van der Waals surface area contributed by atoms with E-state index in [1.54, 1.807) is 13.3 Å². The molecule has 0 spiro atoms. The molecule has 202 valence electrons. The standard InChI is InChI=1S/C27H45N5O4/c1-19(2)18-32(22-13-21(15-28-16-22)26(33)31-8-11-36-12-9-31)27(34)23-17-30-24(20(3)4)14-25(23)29-7-6-10-35-5/h14,17,19-22,28H,6-13,15-16,18H2,1-5H3,(H,29,30)/t21-,22+/m1/s1. The van der Waals surface area contributed by atoms with Gasteiger partial charge >= 0.3 is 0 Å². The number of nitrogens with zero attached hydrogens (tertiary/aromatic N) is 3. The van der Waals surface area contributed by atoms with Crippen LogP contribution in [0.2, 0.25) is 0 Å². The van der Waals surface area contributed by atoms with Crippen LogP contribution >= 0.6 is 0 Å². The number of hydrogen-bond acceptors (Lipinski definition) is 7. The number of aromatic nitrogens is 1. The first-order valence-electron chi connectivity index (χ1n) is 13.4. The maximum Gasteiger partial charge on any atom is 0.257 e. The van der Waals surface area contributed by atoms with Crippen LogP contribution < -0.4 is 10.6 Å². The molecule has 2 aliphatic heterocycles. The van der Waals surface area contributed by atoms with Crippen LogP contribution in [0.1, 0.15) is 62.5 Å². The molecule has 0 unspecified atom stereocenters. The summed E-state index contributed by atoms with van der Waals surface area (Å²) in [6.45, 7) is 14.2. The van der Waals surface area contributed by atoms with Crippen molar-refractivity contribution in [2.75, 3.05) is 71.5 Å². The summed E-state index contributed by atoms with van der Waals surface area (Å²) >= 11 is 0. The van der Waals surface area contributed by atoms with Crippen LogP contribution in [0.4, 0.5) is 5.69 Å². The number of carbonyl (C=O) groups excluding carboxylic acids is 2. The normalized spacial score (nSPS) is 20.6. The van der Waals surface area contributed by atoms with Gasteiger partial charge in [0.05, 0.1) is 30.4 Å². The highest BCUT2D eigenvalue weighted by molar-refractivity contribution is 5.99. The third-order valence-electron chi connectivity index (χ3n) is 6.85. The van der Waals surface area contributed by atoms with Crippen LogP contribution in [0.25, 0.3) is 0 Å². The lowest BCUT2D eigenvalue weighted by molar-refractivity contribution is -0.140. The first-order chi connectivity index (χ1) is 17.3. The Morgan fingerprint density at radius 3 is 2.67 bits per heavy atom. The smallest absolute Gasteiger partial charge is 0.257 e. The van der Waals surface area contributed by atoms with Crippen molar-refractivity contribution in [3.05, 3.63) is 23.5 Å². The third kappa shape index (κ3) is 7.63. The summed E-state index contributed by atoms with van der Waals surface area (Å²) in [5.41, 5.74) is 2.35. The monoisotopic (exact) mass is 503 g/mol. The second kappa shape index (κ2) is 13.9. The highest BCUT2D eigenvalue weighted by Gasteiger charge is 2.36. The van der Waals surface area contributed by atoms with Gasteiger partial charge in [0.2, 0.25) is 5.91 Å². The number of nitrogens with one attached hydrogen (secondary N) is 2. The maximum atomic E-state index is 14.0. The van der Waals surface area contributed by atoms with E-state index in [2.05, 4.69) is 43.3 Å². The van der Waals surface area contributed by atoms with Gasteiger partial charge in [0.15, 0.2) is 0 Å². The highest BCUT2D eigenvalue weighted by Crippen LogP contribution is 2.26. The third-order valence-corrected chi connectivity index (χ3v) is 6.85. The van der Waals surface area contributed by atoms with Crippen molar-refractivity contribution >= 4 is 17.5 Å². The Kier molecular flexibility index (Phi) is 10.9. The molecule has 0 aromatic carbocycles. The van der Waals surface area contributed by atoms with Gasteiger partial charge in [0.1, 0.15) is 0 Å². The predicted molar refractivity (Wildman–Crippen MR) is 141 cm³/mol. The molecule has 3 rings (SSSR count). The van der Waals surface area contributed by atoms with Gasteiger partial charge in [-0.05, 0) is 30.7 Å². The zero-order valence-electron chi connectivity index (χ0n) is 22.7. The Hall–Kier alpha value is -2.23. The van der Waals surface area contributed by atoms with Gasteiger partial charge in [-0.15, -0.1) is 0 Å². The quantitative estimate of drug-likeness (QED) is 0.448. The minimum Gasteiger partial charge on any atom is -0.385 e. The summed E-state index contributed by atoms with van der Waals surface area (Å²) in [5.74, 6) is 0.542. The van der Waals surface area contributed by atoms with E-state index in [-0.39, 0.29) is 29.7 Å². The van der Waals surface area contributed by atoms with E-state index in [0.29, 0.717) is 77.0 Å². The van der Waals surface area contributed by atoms with Gasteiger partial charge in [0, 0.05) is 70.9 Å². The molecule has 2 atom stereocenters. The molecule has 2 saturated heterocycles. The van der Waals surface area contributed by atoms with Crippen LogP contribution in [0.3, 0.4) is 0 Å². The number of hydrogen-bond donors (Lipinski definition) is 2. The van der Waals surface area contributed by atoms with E-state index in [1.165, 1.54) is 0 Å². The van der Waals surface area contributed by atoms with Crippen LogP contribution in [-0.4, -0.2) is 98.8 Å². The topological polar surface area (TPSA) is 96.0 Å². The maximum absolute atomic E-state index is 14.0. The number of methoxy groups -OCH3 is 1.